The minimum absolute atomic E-state index is 0.423. The summed E-state index contributed by atoms with van der Waals surface area (Å²) in [6.45, 7) is 1.89. The number of benzene rings is 2. The van der Waals surface area contributed by atoms with Gasteiger partial charge in [-0.15, -0.1) is 0 Å². The smallest absolute Gasteiger partial charge is 0.139 e. The molecule has 0 amide bonds. The van der Waals surface area contributed by atoms with Crippen molar-refractivity contribution in [1.82, 2.24) is 9.78 Å². The molecule has 124 valence electrons. The van der Waals surface area contributed by atoms with Crippen LogP contribution in [0.5, 0.6) is 5.75 Å². The van der Waals surface area contributed by atoms with Crippen LogP contribution >= 0.6 is 34.8 Å². The Morgan fingerprint density at radius 3 is 2.33 bits per heavy atom. The molecule has 24 heavy (non-hydrogen) atoms. The molecular formula is C17H14Cl3N3O. The number of hydrogen-bond acceptors (Lipinski definition) is 3. The Morgan fingerprint density at radius 1 is 1.04 bits per heavy atom. The number of hydrogen-bond donors (Lipinski definition) is 1. The van der Waals surface area contributed by atoms with Gasteiger partial charge >= 0.3 is 0 Å². The van der Waals surface area contributed by atoms with E-state index < -0.39 is 0 Å². The number of aryl methyl sites for hydroxylation is 1. The first-order chi connectivity index (χ1) is 11.4. The second kappa shape index (κ2) is 6.55. The first kappa shape index (κ1) is 17.0. The molecule has 7 heteroatoms. The van der Waals surface area contributed by atoms with Gasteiger partial charge in [-0.3, -0.25) is 0 Å². The summed E-state index contributed by atoms with van der Waals surface area (Å²) in [5, 5.41) is 6.03. The third kappa shape index (κ3) is 2.93. The van der Waals surface area contributed by atoms with E-state index in [1.54, 1.807) is 16.8 Å². The lowest BCUT2D eigenvalue weighted by molar-refractivity contribution is 0.414. The molecule has 0 aliphatic heterocycles. The van der Waals surface area contributed by atoms with E-state index >= 15 is 0 Å². The van der Waals surface area contributed by atoms with Crippen molar-refractivity contribution in [2.45, 2.75) is 6.92 Å². The topological polar surface area (TPSA) is 53.1 Å². The van der Waals surface area contributed by atoms with Crippen LogP contribution in [-0.2, 0) is 0 Å². The average Bonchev–Trinajstić information content (AvgIpc) is 2.83. The largest absolute Gasteiger partial charge is 0.495 e. The van der Waals surface area contributed by atoms with Crippen LogP contribution in [0.4, 0.5) is 5.82 Å². The lowest BCUT2D eigenvalue weighted by Crippen LogP contribution is -2.03. The molecule has 3 aromatic rings. The highest BCUT2D eigenvalue weighted by Gasteiger charge is 2.18. The molecule has 0 spiro atoms. The summed E-state index contributed by atoms with van der Waals surface area (Å²) in [5.41, 5.74) is 9.47. The van der Waals surface area contributed by atoms with E-state index in [0.717, 1.165) is 16.8 Å². The van der Waals surface area contributed by atoms with Crippen LogP contribution in [0.15, 0.2) is 36.4 Å². The molecule has 0 unspecified atom stereocenters. The maximum absolute atomic E-state index is 6.34. The predicted octanol–water partition coefficient (Wildman–Crippen LogP) is 5.40. The number of aromatic nitrogens is 2. The van der Waals surface area contributed by atoms with Crippen molar-refractivity contribution >= 4 is 40.6 Å². The minimum Gasteiger partial charge on any atom is -0.495 e. The molecule has 0 atom stereocenters. The molecule has 1 aromatic heterocycles. The zero-order valence-corrected chi connectivity index (χ0v) is 15.2. The Bertz CT molecular complexity index is 904. The highest BCUT2D eigenvalue weighted by atomic mass is 35.5. The predicted molar refractivity (Wildman–Crippen MR) is 99.7 cm³/mol. The van der Waals surface area contributed by atoms with E-state index in [1.807, 2.05) is 31.2 Å². The normalized spacial score (nSPS) is 10.9. The quantitative estimate of drug-likeness (QED) is 0.660. The van der Waals surface area contributed by atoms with Gasteiger partial charge in [-0.2, -0.15) is 5.10 Å². The van der Waals surface area contributed by atoms with Gasteiger partial charge in [0.05, 0.1) is 28.5 Å². The maximum Gasteiger partial charge on any atom is 0.139 e. The van der Waals surface area contributed by atoms with Crippen LogP contribution in [-0.4, -0.2) is 16.9 Å². The second-order valence-electron chi connectivity index (χ2n) is 5.20. The lowest BCUT2D eigenvalue weighted by atomic mass is 10.1. The van der Waals surface area contributed by atoms with Gasteiger partial charge in [0, 0.05) is 16.7 Å². The van der Waals surface area contributed by atoms with E-state index in [2.05, 4.69) is 5.10 Å². The molecule has 0 saturated carbocycles. The number of nitrogens with zero attached hydrogens (tertiary/aromatic N) is 2. The van der Waals surface area contributed by atoms with Crippen molar-refractivity contribution in [2.24, 2.45) is 0 Å². The van der Waals surface area contributed by atoms with Crippen molar-refractivity contribution in [3.05, 3.63) is 57.2 Å². The number of halogens is 3. The average molecular weight is 383 g/mol. The summed E-state index contributed by atoms with van der Waals surface area (Å²) < 4.78 is 6.83. The fraction of sp³-hybridized carbons (Fsp3) is 0.118. The highest BCUT2D eigenvalue weighted by Crippen LogP contribution is 2.37. The van der Waals surface area contributed by atoms with Crippen LogP contribution in [0.3, 0.4) is 0 Å². The fourth-order valence-electron chi connectivity index (χ4n) is 2.54. The molecule has 0 radical (unpaired) electrons. The maximum atomic E-state index is 6.34. The Morgan fingerprint density at radius 2 is 1.71 bits per heavy atom. The van der Waals surface area contributed by atoms with Crippen molar-refractivity contribution in [2.75, 3.05) is 12.8 Å². The minimum atomic E-state index is 0.423. The molecule has 0 aliphatic carbocycles. The van der Waals surface area contributed by atoms with E-state index in [4.69, 9.17) is 45.3 Å². The second-order valence-corrected chi connectivity index (χ2v) is 6.45. The Labute approximate surface area is 154 Å². The van der Waals surface area contributed by atoms with Gasteiger partial charge in [0.15, 0.2) is 0 Å². The zero-order valence-electron chi connectivity index (χ0n) is 13.0. The first-order valence-corrected chi connectivity index (χ1v) is 8.20. The molecule has 4 nitrogen and oxygen atoms in total. The number of ether oxygens (including phenoxy) is 1. The van der Waals surface area contributed by atoms with Crippen LogP contribution in [0.1, 0.15) is 5.69 Å². The van der Waals surface area contributed by atoms with E-state index in [9.17, 15) is 0 Å². The van der Waals surface area contributed by atoms with Gasteiger partial charge in [0.1, 0.15) is 11.6 Å². The van der Waals surface area contributed by atoms with Crippen LogP contribution in [0.25, 0.3) is 16.8 Å². The molecule has 2 N–H and O–H groups in total. The summed E-state index contributed by atoms with van der Waals surface area (Å²) in [5.74, 6) is 0.970. The third-order valence-corrected chi connectivity index (χ3v) is 4.53. The Kier molecular flexibility index (Phi) is 4.63. The first-order valence-electron chi connectivity index (χ1n) is 7.06. The van der Waals surface area contributed by atoms with Gasteiger partial charge in [-0.05, 0) is 30.7 Å². The van der Waals surface area contributed by atoms with Crippen LogP contribution < -0.4 is 10.5 Å². The summed E-state index contributed by atoms with van der Waals surface area (Å²) >= 11 is 18.4. The molecule has 3 rings (SSSR count). The van der Waals surface area contributed by atoms with Crippen molar-refractivity contribution < 1.29 is 4.74 Å². The SMILES string of the molecule is COc1cc(-n2nc(C)c(-c3ccc(Cl)cc3)c2N)c(Cl)cc1Cl. The summed E-state index contributed by atoms with van der Waals surface area (Å²) in [7, 11) is 1.54. The van der Waals surface area contributed by atoms with Crippen molar-refractivity contribution in [3.8, 4) is 22.6 Å². The monoisotopic (exact) mass is 381 g/mol. The van der Waals surface area contributed by atoms with E-state index in [1.165, 1.54) is 7.11 Å². The molecule has 1 heterocycles. The summed E-state index contributed by atoms with van der Waals surface area (Å²) in [6, 6.07) is 10.7. The zero-order chi connectivity index (χ0) is 17.4. The van der Waals surface area contributed by atoms with Crippen LogP contribution in [0.2, 0.25) is 15.1 Å². The van der Waals surface area contributed by atoms with Gasteiger partial charge in [-0.1, -0.05) is 46.9 Å². The number of anilines is 1. The van der Waals surface area contributed by atoms with E-state index in [-0.39, 0.29) is 0 Å². The Balaban J connectivity index is 2.18. The van der Waals surface area contributed by atoms with Gasteiger partial charge < -0.3 is 10.5 Å². The van der Waals surface area contributed by atoms with Gasteiger partial charge in [0.2, 0.25) is 0 Å². The van der Waals surface area contributed by atoms with Crippen molar-refractivity contribution in [3.63, 3.8) is 0 Å². The number of nitrogen functional groups attached to an aromatic ring is 1. The molecule has 0 aliphatic rings. The fourth-order valence-corrected chi connectivity index (χ4v) is 3.21. The Hall–Kier alpha value is -1.88. The van der Waals surface area contributed by atoms with Crippen LogP contribution in [0, 0.1) is 6.92 Å². The van der Waals surface area contributed by atoms with E-state index in [0.29, 0.717) is 32.3 Å². The van der Waals surface area contributed by atoms with Gasteiger partial charge in [-0.25, -0.2) is 4.68 Å². The molecular weight excluding hydrogens is 369 g/mol. The van der Waals surface area contributed by atoms with Crippen molar-refractivity contribution in [1.29, 1.82) is 0 Å². The van der Waals surface area contributed by atoms with Gasteiger partial charge in [0.25, 0.3) is 0 Å². The molecule has 0 saturated heterocycles. The lowest BCUT2D eigenvalue weighted by Gasteiger charge is -2.11. The molecule has 0 fully saturated rings. The summed E-state index contributed by atoms with van der Waals surface area (Å²) in [6.07, 6.45) is 0. The standard InChI is InChI=1S/C17H14Cl3N3O/c1-9-16(10-3-5-11(18)6-4-10)17(21)23(22-9)14-8-15(24-2)13(20)7-12(14)19/h3-8H,21H2,1-2H3. The number of nitrogens with two attached hydrogens (primary N) is 1. The number of methoxy groups -OCH3 is 1. The molecule has 2 aromatic carbocycles. The third-order valence-electron chi connectivity index (χ3n) is 3.68. The summed E-state index contributed by atoms with van der Waals surface area (Å²) in [4.78, 5) is 0. The number of rotatable bonds is 3. The molecule has 0 bridgehead atoms. The highest BCUT2D eigenvalue weighted by molar-refractivity contribution is 6.36.